The lowest BCUT2D eigenvalue weighted by atomic mass is 10.1. The standard InChI is InChI=1S/C18H20ClN3O3S/c1-3-8-20-16(23)11(2)21-17(24)12-6-7-13(19)14(10-12)22-18(25)15-5-4-9-26-15/h4-7,9-11H,3,8H2,1-2H3,(H,20,23)(H,21,24)(H,22,25). The Labute approximate surface area is 160 Å². The summed E-state index contributed by atoms with van der Waals surface area (Å²) in [5, 5.41) is 10.2. The van der Waals surface area contributed by atoms with Gasteiger partial charge in [-0.25, -0.2) is 0 Å². The van der Waals surface area contributed by atoms with Crippen molar-refractivity contribution in [3.63, 3.8) is 0 Å². The van der Waals surface area contributed by atoms with Gasteiger partial charge in [-0.3, -0.25) is 14.4 Å². The molecule has 0 aliphatic heterocycles. The van der Waals surface area contributed by atoms with E-state index >= 15 is 0 Å². The van der Waals surface area contributed by atoms with Gasteiger partial charge in [-0.15, -0.1) is 11.3 Å². The highest BCUT2D eigenvalue weighted by Gasteiger charge is 2.17. The first-order chi connectivity index (χ1) is 12.4. The molecule has 0 radical (unpaired) electrons. The lowest BCUT2D eigenvalue weighted by Crippen LogP contribution is -2.45. The first kappa shape index (κ1) is 19.9. The fourth-order valence-electron chi connectivity index (χ4n) is 2.10. The van der Waals surface area contributed by atoms with Gasteiger partial charge in [0.2, 0.25) is 5.91 Å². The molecule has 1 aromatic carbocycles. The first-order valence-electron chi connectivity index (χ1n) is 8.15. The Balaban J connectivity index is 2.06. The second kappa shape index (κ2) is 9.35. The molecule has 1 atom stereocenters. The predicted octanol–water partition coefficient (Wildman–Crippen LogP) is 3.30. The molecule has 3 amide bonds. The Bertz CT molecular complexity index is 793. The van der Waals surface area contributed by atoms with Crippen molar-refractivity contribution in [2.24, 2.45) is 0 Å². The van der Waals surface area contributed by atoms with Crippen LogP contribution in [0.5, 0.6) is 0 Å². The van der Waals surface area contributed by atoms with E-state index < -0.39 is 11.9 Å². The summed E-state index contributed by atoms with van der Waals surface area (Å²) in [4.78, 5) is 36.9. The third kappa shape index (κ3) is 5.31. The van der Waals surface area contributed by atoms with Gasteiger partial charge in [-0.2, -0.15) is 0 Å². The molecular formula is C18H20ClN3O3S. The van der Waals surface area contributed by atoms with Crippen molar-refractivity contribution in [2.45, 2.75) is 26.3 Å². The van der Waals surface area contributed by atoms with Gasteiger partial charge in [0.15, 0.2) is 0 Å². The molecule has 2 rings (SSSR count). The zero-order valence-electron chi connectivity index (χ0n) is 14.5. The van der Waals surface area contributed by atoms with E-state index in [1.807, 2.05) is 6.92 Å². The number of thiophene rings is 1. The largest absolute Gasteiger partial charge is 0.354 e. The molecule has 0 fully saturated rings. The minimum absolute atomic E-state index is 0.250. The highest BCUT2D eigenvalue weighted by Crippen LogP contribution is 2.24. The number of benzene rings is 1. The number of anilines is 1. The molecule has 138 valence electrons. The highest BCUT2D eigenvalue weighted by molar-refractivity contribution is 7.12. The van der Waals surface area contributed by atoms with Crippen LogP contribution < -0.4 is 16.0 Å². The summed E-state index contributed by atoms with van der Waals surface area (Å²) in [5.41, 5.74) is 0.631. The fourth-order valence-corrected chi connectivity index (χ4v) is 2.88. The summed E-state index contributed by atoms with van der Waals surface area (Å²) in [7, 11) is 0. The summed E-state index contributed by atoms with van der Waals surface area (Å²) in [6, 6.07) is 7.35. The quantitative estimate of drug-likeness (QED) is 0.674. The van der Waals surface area contributed by atoms with Crippen LogP contribution >= 0.6 is 22.9 Å². The van der Waals surface area contributed by atoms with Gasteiger partial charge in [0.1, 0.15) is 6.04 Å². The Morgan fingerprint density at radius 2 is 1.96 bits per heavy atom. The molecule has 8 heteroatoms. The summed E-state index contributed by atoms with van der Waals surface area (Å²) in [6.07, 6.45) is 0.816. The van der Waals surface area contributed by atoms with E-state index in [4.69, 9.17) is 11.6 Å². The number of nitrogens with one attached hydrogen (secondary N) is 3. The minimum Gasteiger partial charge on any atom is -0.354 e. The number of carbonyl (C=O) groups is 3. The minimum atomic E-state index is -0.672. The smallest absolute Gasteiger partial charge is 0.265 e. The maximum atomic E-state index is 12.4. The zero-order chi connectivity index (χ0) is 19.1. The molecule has 2 aromatic rings. The molecule has 0 spiro atoms. The summed E-state index contributed by atoms with van der Waals surface area (Å²) < 4.78 is 0. The summed E-state index contributed by atoms with van der Waals surface area (Å²) >= 11 is 7.42. The maximum absolute atomic E-state index is 12.4. The zero-order valence-corrected chi connectivity index (χ0v) is 16.0. The van der Waals surface area contributed by atoms with Crippen LogP contribution in [0.4, 0.5) is 5.69 Å². The molecule has 0 bridgehead atoms. The molecule has 1 unspecified atom stereocenters. The van der Waals surface area contributed by atoms with Crippen LogP contribution in [0.25, 0.3) is 0 Å². The van der Waals surface area contributed by atoms with Crippen molar-refractivity contribution in [1.29, 1.82) is 0 Å². The van der Waals surface area contributed by atoms with Crippen LogP contribution in [0, 0.1) is 0 Å². The number of halogens is 1. The highest BCUT2D eigenvalue weighted by atomic mass is 35.5. The van der Waals surface area contributed by atoms with E-state index in [2.05, 4.69) is 16.0 Å². The Morgan fingerprint density at radius 3 is 2.62 bits per heavy atom. The van der Waals surface area contributed by atoms with Crippen molar-refractivity contribution in [3.8, 4) is 0 Å². The monoisotopic (exact) mass is 393 g/mol. The number of hydrogen-bond acceptors (Lipinski definition) is 4. The van der Waals surface area contributed by atoms with Gasteiger partial charge in [0.25, 0.3) is 11.8 Å². The van der Waals surface area contributed by atoms with Gasteiger partial charge < -0.3 is 16.0 Å². The number of carbonyl (C=O) groups excluding carboxylic acids is 3. The SMILES string of the molecule is CCCNC(=O)C(C)NC(=O)c1ccc(Cl)c(NC(=O)c2cccs2)c1. The van der Waals surface area contributed by atoms with E-state index in [1.54, 1.807) is 24.4 Å². The van der Waals surface area contributed by atoms with Crippen LogP contribution in [0.3, 0.4) is 0 Å². The van der Waals surface area contributed by atoms with Gasteiger partial charge in [-0.1, -0.05) is 24.6 Å². The molecular weight excluding hydrogens is 374 g/mol. The Hall–Kier alpha value is -2.38. The third-order valence-electron chi connectivity index (χ3n) is 3.51. The molecule has 0 saturated heterocycles. The first-order valence-corrected chi connectivity index (χ1v) is 9.41. The van der Waals surface area contributed by atoms with Crippen LogP contribution in [0.1, 0.15) is 40.3 Å². The summed E-state index contributed by atoms with van der Waals surface area (Å²) in [5.74, 6) is -0.973. The van der Waals surface area contributed by atoms with Crippen molar-refractivity contribution in [1.82, 2.24) is 10.6 Å². The molecule has 0 aliphatic carbocycles. The van der Waals surface area contributed by atoms with Gasteiger partial charge in [0, 0.05) is 12.1 Å². The number of hydrogen-bond donors (Lipinski definition) is 3. The second-order valence-corrected chi connectivity index (χ2v) is 6.97. The van der Waals surface area contributed by atoms with Crippen molar-refractivity contribution >= 4 is 46.3 Å². The second-order valence-electron chi connectivity index (χ2n) is 5.61. The van der Waals surface area contributed by atoms with Gasteiger partial charge in [0.05, 0.1) is 15.6 Å². The normalized spacial score (nSPS) is 11.5. The predicted molar refractivity (Wildman–Crippen MR) is 104 cm³/mol. The number of rotatable bonds is 7. The lowest BCUT2D eigenvalue weighted by molar-refractivity contribution is -0.122. The van der Waals surface area contributed by atoms with E-state index in [0.717, 1.165) is 6.42 Å². The third-order valence-corrected chi connectivity index (χ3v) is 4.71. The number of amides is 3. The average molecular weight is 394 g/mol. The van der Waals surface area contributed by atoms with Crippen LogP contribution in [0.2, 0.25) is 5.02 Å². The van der Waals surface area contributed by atoms with E-state index in [0.29, 0.717) is 27.7 Å². The van der Waals surface area contributed by atoms with Gasteiger partial charge >= 0.3 is 0 Å². The molecule has 1 heterocycles. The average Bonchev–Trinajstić information content (AvgIpc) is 3.16. The molecule has 3 N–H and O–H groups in total. The van der Waals surface area contributed by atoms with E-state index in [1.165, 1.54) is 29.5 Å². The van der Waals surface area contributed by atoms with E-state index in [9.17, 15) is 14.4 Å². The lowest BCUT2D eigenvalue weighted by Gasteiger charge is -2.14. The van der Waals surface area contributed by atoms with Crippen molar-refractivity contribution in [2.75, 3.05) is 11.9 Å². The van der Waals surface area contributed by atoms with Crippen LogP contribution in [0.15, 0.2) is 35.7 Å². The molecule has 1 aromatic heterocycles. The fraction of sp³-hybridized carbons (Fsp3) is 0.278. The Morgan fingerprint density at radius 1 is 1.19 bits per heavy atom. The topological polar surface area (TPSA) is 87.3 Å². The molecule has 6 nitrogen and oxygen atoms in total. The molecule has 0 saturated carbocycles. The van der Waals surface area contributed by atoms with Crippen molar-refractivity contribution in [3.05, 3.63) is 51.2 Å². The van der Waals surface area contributed by atoms with Crippen LogP contribution in [-0.2, 0) is 4.79 Å². The van der Waals surface area contributed by atoms with Crippen molar-refractivity contribution < 1.29 is 14.4 Å². The van der Waals surface area contributed by atoms with E-state index in [-0.39, 0.29) is 11.8 Å². The molecule has 0 aliphatic rings. The molecule has 26 heavy (non-hydrogen) atoms. The maximum Gasteiger partial charge on any atom is 0.265 e. The van der Waals surface area contributed by atoms with Crippen LogP contribution in [-0.4, -0.2) is 30.3 Å². The summed E-state index contributed by atoms with van der Waals surface area (Å²) in [6.45, 7) is 4.11. The Kier molecular flexibility index (Phi) is 7.17. The van der Waals surface area contributed by atoms with Gasteiger partial charge in [-0.05, 0) is 43.0 Å².